The van der Waals surface area contributed by atoms with Crippen molar-refractivity contribution in [3.8, 4) is 5.75 Å². The van der Waals surface area contributed by atoms with E-state index in [4.69, 9.17) is 9.72 Å². The minimum Gasteiger partial charge on any atom is -0.406 e. The molecule has 0 fully saturated rings. The molecule has 0 bridgehead atoms. The Morgan fingerprint density at radius 1 is 1.19 bits per heavy atom. The first kappa shape index (κ1) is 24.5. The Hall–Kier alpha value is -2.12. The van der Waals surface area contributed by atoms with Gasteiger partial charge in [0.25, 0.3) is 0 Å². The summed E-state index contributed by atoms with van der Waals surface area (Å²) >= 11 is 0. The second-order valence-electron chi connectivity index (χ2n) is 9.56. The van der Waals surface area contributed by atoms with Gasteiger partial charge in [-0.05, 0) is 61.3 Å². The molecule has 0 amide bonds. The lowest BCUT2D eigenvalue weighted by molar-refractivity contribution is -0.274. The number of nitrogens with zero attached hydrogens (tertiary/aromatic N) is 1. The first-order valence-electron chi connectivity index (χ1n) is 11.0. The standard InChI is InChI=1S/C25H32F3NO3/c1-7-31-19-13-24(5,6)12-18-20(19)15(4)21(22(29-18)14(2)3)23(30)16-8-10-17(11-9-16)32-25(26,27)28/h8-11,14,19,23,30H,7,12-13H2,1-6H3/t19?,23-/m0/s1. The molecule has 1 aromatic carbocycles. The summed E-state index contributed by atoms with van der Waals surface area (Å²) in [5.41, 5.74) is 5.01. The van der Waals surface area contributed by atoms with E-state index in [9.17, 15) is 18.3 Å². The van der Waals surface area contributed by atoms with Crippen LogP contribution in [0.25, 0.3) is 0 Å². The molecule has 0 saturated heterocycles. The lowest BCUT2D eigenvalue weighted by Crippen LogP contribution is -2.30. The average Bonchev–Trinajstić information content (AvgIpc) is 2.65. The summed E-state index contributed by atoms with van der Waals surface area (Å²) in [5.74, 6) is -0.261. The first-order valence-corrected chi connectivity index (χ1v) is 11.0. The van der Waals surface area contributed by atoms with Gasteiger partial charge in [0.15, 0.2) is 0 Å². The number of hydrogen-bond acceptors (Lipinski definition) is 4. The number of benzene rings is 1. The van der Waals surface area contributed by atoms with E-state index in [1.165, 1.54) is 24.3 Å². The summed E-state index contributed by atoms with van der Waals surface area (Å²) in [6.07, 6.45) is -4.21. The summed E-state index contributed by atoms with van der Waals surface area (Å²) in [5, 5.41) is 11.3. The minimum absolute atomic E-state index is 0.0506. The van der Waals surface area contributed by atoms with Crippen molar-refractivity contribution in [3.05, 3.63) is 57.9 Å². The topological polar surface area (TPSA) is 51.6 Å². The van der Waals surface area contributed by atoms with Crippen LogP contribution in [0.4, 0.5) is 13.2 Å². The van der Waals surface area contributed by atoms with Gasteiger partial charge in [0, 0.05) is 29.1 Å². The van der Waals surface area contributed by atoms with Crippen molar-refractivity contribution in [1.82, 2.24) is 4.98 Å². The number of aromatic nitrogens is 1. The molecule has 0 saturated carbocycles. The Labute approximate surface area is 187 Å². The Balaban J connectivity index is 2.08. The third-order valence-electron chi connectivity index (χ3n) is 5.97. The average molecular weight is 452 g/mol. The molecular weight excluding hydrogens is 419 g/mol. The van der Waals surface area contributed by atoms with Crippen LogP contribution >= 0.6 is 0 Å². The van der Waals surface area contributed by atoms with E-state index in [1.54, 1.807) is 0 Å². The zero-order chi connectivity index (χ0) is 23.8. The van der Waals surface area contributed by atoms with Gasteiger partial charge in [0.05, 0.1) is 6.10 Å². The lowest BCUT2D eigenvalue weighted by Gasteiger charge is -2.38. The van der Waals surface area contributed by atoms with Crippen molar-refractivity contribution in [2.75, 3.05) is 6.61 Å². The Morgan fingerprint density at radius 2 is 1.81 bits per heavy atom. The van der Waals surface area contributed by atoms with E-state index >= 15 is 0 Å². The highest BCUT2D eigenvalue weighted by Crippen LogP contribution is 2.46. The van der Waals surface area contributed by atoms with Crippen LogP contribution in [0.15, 0.2) is 24.3 Å². The number of pyridine rings is 1. The van der Waals surface area contributed by atoms with Gasteiger partial charge in [-0.3, -0.25) is 4.98 Å². The fraction of sp³-hybridized carbons (Fsp3) is 0.560. The van der Waals surface area contributed by atoms with E-state index in [0.717, 1.165) is 35.4 Å². The van der Waals surface area contributed by atoms with Gasteiger partial charge in [-0.25, -0.2) is 0 Å². The second kappa shape index (κ2) is 9.02. The van der Waals surface area contributed by atoms with Crippen LogP contribution in [0.1, 0.15) is 92.8 Å². The molecule has 176 valence electrons. The van der Waals surface area contributed by atoms with Gasteiger partial charge in [0.1, 0.15) is 11.9 Å². The van der Waals surface area contributed by atoms with Crippen LogP contribution in [-0.4, -0.2) is 23.1 Å². The minimum atomic E-state index is -4.76. The number of hydrogen-bond donors (Lipinski definition) is 1. The molecule has 32 heavy (non-hydrogen) atoms. The van der Waals surface area contributed by atoms with E-state index in [0.29, 0.717) is 17.7 Å². The molecule has 1 N–H and O–H groups in total. The quantitative estimate of drug-likeness (QED) is 0.542. The Kier molecular flexibility index (Phi) is 6.91. The van der Waals surface area contributed by atoms with Gasteiger partial charge in [0.2, 0.25) is 0 Å². The summed E-state index contributed by atoms with van der Waals surface area (Å²) < 4.78 is 47.5. The monoisotopic (exact) mass is 451 g/mol. The van der Waals surface area contributed by atoms with Crippen LogP contribution in [0.3, 0.4) is 0 Å². The van der Waals surface area contributed by atoms with Crippen LogP contribution in [0, 0.1) is 12.3 Å². The molecular formula is C25H32F3NO3. The molecule has 1 aromatic heterocycles. The third-order valence-corrected chi connectivity index (χ3v) is 5.97. The number of halogens is 3. The van der Waals surface area contributed by atoms with Crippen LogP contribution in [0.5, 0.6) is 5.75 Å². The molecule has 7 heteroatoms. The zero-order valence-corrected chi connectivity index (χ0v) is 19.5. The van der Waals surface area contributed by atoms with Crippen molar-refractivity contribution in [2.24, 2.45) is 5.41 Å². The van der Waals surface area contributed by atoms with Crippen LogP contribution < -0.4 is 4.74 Å². The number of ether oxygens (including phenoxy) is 2. The molecule has 0 spiro atoms. The molecule has 1 heterocycles. The molecule has 2 aromatic rings. The predicted octanol–water partition coefficient (Wildman–Crippen LogP) is 6.54. The number of alkyl halides is 3. The van der Waals surface area contributed by atoms with E-state index in [2.05, 4.69) is 18.6 Å². The molecule has 0 aliphatic heterocycles. The SMILES string of the molecule is CCOC1CC(C)(C)Cc2nc(C(C)C)c([C@@H](O)c3ccc(OC(F)(F)F)cc3)c(C)c21. The van der Waals surface area contributed by atoms with Gasteiger partial charge < -0.3 is 14.6 Å². The van der Waals surface area contributed by atoms with E-state index < -0.39 is 12.5 Å². The number of rotatable bonds is 6. The van der Waals surface area contributed by atoms with Crippen LogP contribution in [-0.2, 0) is 11.2 Å². The molecule has 1 unspecified atom stereocenters. The largest absolute Gasteiger partial charge is 0.573 e. The van der Waals surface area contributed by atoms with Gasteiger partial charge >= 0.3 is 6.36 Å². The number of aliphatic hydroxyl groups excluding tert-OH is 1. The van der Waals surface area contributed by atoms with Gasteiger partial charge in [-0.15, -0.1) is 13.2 Å². The molecule has 4 nitrogen and oxygen atoms in total. The molecule has 0 radical (unpaired) electrons. The smallest absolute Gasteiger partial charge is 0.406 e. The van der Waals surface area contributed by atoms with Crippen molar-refractivity contribution in [2.45, 2.75) is 78.9 Å². The molecule has 2 atom stereocenters. The van der Waals surface area contributed by atoms with E-state index in [-0.39, 0.29) is 23.2 Å². The highest BCUT2D eigenvalue weighted by atomic mass is 19.4. The van der Waals surface area contributed by atoms with Gasteiger partial charge in [-0.1, -0.05) is 39.8 Å². The first-order chi connectivity index (χ1) is 14.8. The zero-order valence-electron chi connectivity index (χ0n) is 19.5. The van der Waals surface area contributed by atoms with Gasteiger partial charge in [-0.2, -0.15) is 0 Å². The summed E-state index contributed by atoms with van der Waals surface area (Å²) in [7, 11) is 0. The van der Waals surface area contributed by atoms with Crippen LogP contribution in [0.2, 0.25) is 0 Å². The highest BCUT2D eigenvalue weighted by molar-refractivity contribution is 5.48. The summed E-state index contributed by atoms with van der Waals surface area (Å²) in [6, 6.07) is 5.34. The number of fused-ring (bicyclic) bond motifs is 1. The Bertz CT molecular complexity index is 952. The molecule has 3 rings (SSSR count). The fourth-order valence-corrected chi connectivity index (χ4v) is 4.66. The third kappa shape index (κ3) is 5.26. The maximum absolute atomic E-state index is 12.5. The van der Waals surface area contributed by atoms with Crippen molar-refractivity contribution >= 4 is 0 Å². The predicted molar refractivity (Wildman–Crippen MR) is 117 cm³/mol. The fourth-order valence-electron chi connectivity index (χ4n) is 4.66. The Morgan fingerprint density at radius 3 is 2.34 bits per heavy atom. The molecule has 1 aliphatic carbocycles. The maximum atomic E-state index is 12.5. The normalized spacial score (nSPS) is 19.0. The molecule has 1 aliphatic rings. The lowest BCUT2D eigenvalue weighted by atomic mass is 9.72. The van der Waals surface area contributed by atoms with E-state index in [1.807, 2.05) is 27.7 Å². The summed E-state index contributed by atoms with van der Waals surface area (Å²) in [4.78, 5) is 5.00. The second-order valence-corrected chi connectivity index (χ2v) is 9.56. The van der Waals surface area contributed by atoms with Crippen molar-refractivity contribution in [3.63, 3.8) is 0 Å². The highest BCUT2D eigenvalue weighted by Gasteiger charge is 2.37. The van der Waals surface area contributed by atoms with Crippen molar-refractivity contribution < 1.29 is 27.8 Å². The number of aliphatic hydroxyl groups is 1. The maximum Gasteiger partial charge on any atom is 0.573 e. The summed E-state index contributed by atoms with van der Waals surface area (Å²) in [6.45, 7) is 13.0. The van der Waals surface area contributed by atoms with Crippen molar-refractivity contribution in [1.29, 1.82) is 0 Å².